The average Bonchev–Trinajstić information content (AvgIpc) is 2.62. The van der Waals surface area contributed by atoms with E-state index in [0.29, 0.717) is 0 Å². The zero-order valence-corrected chi connectivity index (χ0v) is 14.2. The van der Waals surface area contributed by atoms with Crippen molar-refractivity contribution >= 4 is 28.9 Å². The first kappa shape index (κ1) is 16.9. The van der Waals surface area contributed by atoms with Crippen LogP contribution in [0, 0.1) is 0 Å². The van der Waals surface area contributed by atoms with Crippen molar-refractivity contribution in [3.05, 3.63) is 103 Å². The number of hydrogen-bond donors (Lipinski definition) is 1. The van der Waals surface area contributed by atoms with Crippen LogP contribution in [0.5, 0.6) is 0 Å². The number of allylic oxidation sites excluding steroid dienone is 4. The molecule has 0 fully saturated rings. The Morgan fingerprint density at radius 2 is 1.57 bits per heavy atom. The third-order valence-electron chi connectivity index (χ3n) is 3.47. The highest BCUT2D eigenvalue weighted by Gasteiger charge is 2.12. The van der Waals surface area contributed by atoms with Crippen LogP contribution in [0.15, 0.2) is 97.8 Å². The first-order valence-electron chi connectivity index (χ1n) is 7.47. The van der Waals surface area contributed by atoms with E-state index >= 15 is 0 Å². The number of para-hydroxylation sites is 1. The molecule has 0 unspecified atom stereocenters. The zero-order valence-electron chi connectivity index (χ0n) is 13.3. The fourth-order valence-corrected chi connectivity index (χ4v) is 2.48. The topological polar surface area (TPSA) is 3.24 Å². The molecule has 0 radical (unpaired) electrons. The minimum Gasteiger partial charge on any atom is -0.311 e. The summed E-state index contributed by atoms with van der Waals surface area (Å²) < 4.78 is 0. The molecule has 0 spiro atoms. The molecule has 2 aromatic rings. The van der Waals surface area contributed by atoms with Crippen molar-refractivity contribution < 1.29 is 0 Å². The molecule has 23 heavy (non-hydrogen) atoms. The number of rotatable bonds is 6. The van der Waals surface area contributed by atoms with E-state index < -0.39 is 0 Å². The lowest BCUT2D eigenvalue weighted by atomic mass is 10.1. The molecule has 0 aromatic heterocycles. The second kappa shape index (κ2) is 8.25. The molecule has 0 saturated carbocycles. The summed E-state index contributed by atoms with van der Waals surface area (Å²) in [5.41, 5.74) is 4.20. The third kappa shape index (κ3) is 4.05. The van der Waals surface area contributed by atoms with Gasteiger partial charge in [0.1, 0.15) is 0 Å². The predicted octanol–water partition coefficient (Wildman–Crippen LogP) is 6.37. The van der Waals surface area contributed by atoms with Crippen molar-refractivity contribution in [2.24, 2.45) is 0 Å². The van der Waals surface area contributed by atoms with E-state index in [1.54, 1.807) is 6.08 Å². The fourth-order valence-electron chi connectivity index (χ4n) is 2.33. The van der Waals surface area contributed by atoms with Gasteiger partial charge < -0.3 is 4.90 Å². The molecule has 0 amide bonds. The third-order valence-corrected chi connectivity index (χ3v) is 3.98. The smallest absolute Gasteiger partial charge is 0.0462 e. The molecule has 0 N–H and O–H groups in total. The van der Waals surface area contributed by atoms with Gasteiger partial charge in [-0.2, -0.15) is 0 Å². The number of benzene rings is 2. The van der Waals surface area contributed by atoms with Crippen LogP contribution in [0.3, 0.4) is 0 Å². The second-order valence-corrected chi connectivity index (χ2v) is 5.40. The Morgan fingerprint density at radius 1 is 0.957 bits per heavy atom. The second-order valence-electron chi connectivity index (χ2n) is 4.92. The SMILES string of the molecule is C=C/C=C(\C=C)N(c1ccccc1)c1ccc(/C(S)=C/C)cc1. The zero-order chi connectivity index (χ0) is 16.7. The molecule has 116 valence electrons. The molecule has 0 aliphatic carbocycles. The summed E-state index contributed by atoms with van der Waals surface area (Å²) in [6.45, 7) is 9.71. The molecule has 0 aliphatic heterocycles. The molecule has 1 nitrogen and oxygen atoms in total. The maximum atomic E-state index is 4.47. The van der Waals surface area contributed by atoms with E-state index in [4.69, 9.17) is 0 Å². The van der Waals surface area contributed by atoms with Crippen molar-refractivity contribution in [2.45, 2.75) is 6.92 Å². The highest BCUT2D eigenvalue weighted by molar-refractivity contribution is 7.90. The highest BCUT2D eigenvalue weighted by Crippen LogP contribution is 2.31. The molecule has 2 heteroatoms. The van der Waals surface area contributed by atoms with Gasteiger partial charge in [-0.25, -0.2) is 0 Å². The summed E-state index contributed by atoms with van der Waals surface area (Å²) in [6, 6.07) is 18.5. The van der Waals surface area contributed by atoms with Crippen molar-refractivity contribution in [2.75, 3.05) is 4.90 Å². The fraction of sp³-hybridized carbons (Fsp3) is 0.0476. The van der Waals surface area contributed by atoms with Crippen molar-refractivity contribution in [3.8, 4) is 0 Å². The Balaban J connectivity index is 2.52. The number of nitrogens with zero attached hydrogens (tertiary/aromatic N) is 1. The van der Waals surface area contributed by atoms with Gasteiger partial charge >= 0.3 is 0 Å². The average molecular weight is 319 g/mol. The lowest BCUT2D eigenvalue weighted by molar-refractivity contribution is 1.21. The van der Waals surface area contributed by atoms with Gasteiger partial charge in [-0.3, -0.25) is 0 Å². The molecule has 0 atom stereocenters. The summed E-state index contributed by atoms with van der Waals surface area (Å²) in [4.78, 5) is 3.11. The Labute approximate surface area is 144 Å². The largest absolute Gasteiger partial charge is 0.311 e. The van der Waals surface area contributed by atoms with Crippen molar-refractivity contribution in [3.63, 3.8) is 0 Å². The van der Waals surface area contributed by atoms with Crippen LogP contribution in [0.1, 0.15) is 12.5 Å². The summed E-state index contributed by atoms with van der Waals surface area (Å²) in [6.07, 6.45) is 7.54. The van der Waals surface area contributed by atoms with Crippen LogP contribution in [-0.4, -0.2) is 0 Å². The lowest BCUT2D eigenvalue weighted by Gasteiger charge is -2.26. The van der Waals surface area contributed by atoms with E-state index in [9.17, 15) is 0 Å². The number of hydrogen-bond acceptors (Lipinski definition) is 2. The molecule has 2 rings (SSSR count). The van der Waals surface area contributed by atoms with Gasteiger partial charge in [0.15, 0.2) is 0 Å². The predicted molar refractivity (Wildman–Crippen MR) is 106 cm³/mol. The molecule has 0 saturated heterocycles. The quantitative estimate of drug-likeness (QED) is 0.478. The van der Waals surface area contributed by atoms with E-state index in [0.717, 1.165) is 27.5 Å². The van der Waals surface area contributed by atoms with Crippen LogP contribution in [0.2, 0.25) is 0 Å². The molecule has 0 bridgehead atoms. The normalized spacial score (nSPS) is 11.9. The Hall–Kier alpha value is -2.45. The molecular weight excluding hydrogens is 298 g/mol. The van der Waals surface area contributed by atoms with Gasteiger partial charge in [-0.1, -0.05) is 55.6 Å². The number of thiol groups is 1. The van der Waals surface area contributed by atoms with Gasteiger partial charge in [-0.15, -0.1) is 12.6 Å². The molecule has 0 aliphatic rings. The maximum Gasteiger partial charge on any atom is 0.0462 e. The standard InChI is InChI=1S/C21H21NS/c1-4-10-18(5-2)22(19-11-8-7-9-12-19)20-15-13-17(14-16-20)21(23)6-3/h4-16,23H,1-2H2,3H3/b18-10+,21-6-. The Morgan fingerprint density at radius 3 is 2.09 bits per heavy atom. The van der Waals surface area contributed by atoms with Crippen LogP contribution >= 0.6 is 12.6 Å². The van der Waals surface area contributed by atoms with Gasteiger partial charge in [0.2, 0.25) is 0 Å². The monoisotopic (exact) mass is 319 g/mol. The Kier molecular flexibility index (Phi) is 6.07. The molecular formula is C21H21NS. The summed E-state index contributed by atoms with van der Waals surface area (Å²) in [5.74, 6) is 0. The maximum absolute atomic E-state index is 4.47. The van der Waals surface area contributed by atoms with Gasteiger partial charge in [0.05, 0.1) is 0 Å². The summed E-state index contributed by atoms with van der Waals surface area (Å²) >= 11 is 4.47. The minimum absolute atomic E-state index is 0.966. The van der Waals surface area contributed by atoms with E-state index in [1.807, 2.05) is 43.4 Å². The highest BCUT2D eigenvalue weighted by atomic mass is 32.1. The summed E-state index contributed by atoms with van der Waals surface area (Å²) in [5, 5.41) is 0. The van der Waals surface area contributed by atoms with Crippen LogP contribution < -0.4 is 4.90 Å². The van der Waals surface area contributed by atoms with Crippen molar-refractivity contribution in [1.82, 2.24) is 0 Å². The van der Waals surface area contributed by atoms with E-state index in [-0.39, 0.29) is 0 Å². The first-order chi connectivity index (χ1) is 11.2. The number of anilines is 2. The van der Waals surface area contributed by atoms with Crippen LogP contribution in [0.4, 0.5) is 11.4 Å². The first-order valence-corrected chi connectivity index (χ1v) is 7.92. The van der Waals surface area contributed by atoms with Gasteiger partial charge in [0.25, 0.3) is 0 Å². The van der Waals surface area contributed by atoms with E-state index in [2.05, 4.69) is 67.1 Å². The molecule has 2 aromatic carbocycles. The van der Waals surface area contributed by atoms with E-state index in [1.165, 1.54) is 0 Å². The van der Waals surface area contributed by atoms with Crippen LogP contribution in [-0.2, 0) is 0 Å². The Bertz CT molecular complexity index is 724. The van der Waals surface area contributed by atoms with Crippen molar-refractivity contribution in [1.29, 1.82) is 0 Å². The van der Waals surface area contributed by atoms with Gasteiger partial charge in [-0.05, 0) is 48.9 Å². The minimum atomic E-state index is 0.966. The molecule has 0 heterocycles. The summed E-state index contributed by atoms with van der Waals surface area (Å²) in [7, 11) is 0. The van der Waals surface area contributed by atoms with Crippen LogP contribution in [0.25, 0.3) is 4.91 Å². The lowest BCUT2D eigenvalue weighted by Crippen LogP contribution is -2.14. The van der Waals surface area contributed by atoms with Gasteiger partial charge in [0, 0.05) is 22.0 Å².